The molecule has 0 radical (unpaired) electrons. The van der Waals surface area contributed by atoms with Crippen molar-refractivity contribution < 1.29 is 0 Å². The third-order valence-electron chi connectivity index (χ3n) is 0.768. The van der Waals surface area contributed by atoms with Crippen molar-refractivity contribution in [1.29, 1.82) is 0 Å². The van der Waals surface area contributed by atoms with Crippen LogP contribution in [0, 0.1) is 0 Å². The Balaban J connectivity index is 2.76. The van der Waals surface area contributed by atoms with E-state index in [1.807, 2.05) is 11.3 Å². The molecule has 0 N–H and O–H groups in total. The van der Waals surface area contributed by atoms with E-state index < -0.39 is 0 Å². The number of rotatable bonds is 1. The second-order valence-electron chi connectivity index (χ2n) is 1.23. The molecule has 1 rings (SSSR count). The van der Waals surface area contributed by atoms with Crippen LogP contribution in [-0.2, 0) is 0 Å². The Bertz CT molecular complexity index is 123. The van der Waals surface area contributed by atoms with Crippen LogP contribution >= 0.6 is 11.3 Å². The zero-order valence-corrected chi connectivity index (χ0v) is 7.81. The average molecular weight is 221 g/mol. The molecule has 1 aromatic heterocycles. The molecule has 0 amide bonds. The van der Waals surface area contributed by atoms with E-state index in [9.17, 15) is 0 Å². The SMILES string of the molecule is [CH3][SbH][c]1cccs1. The van der Waals surface area contributed by atoms with E-state index in [1.165, 1.54) is 0 Å². The van der Waals surface area contributed by atoms with Crippen molar-refractivity contribution in [2.75, 3.05) is 0 Å². The molecule has 38 valence electrons. The van der Waals surface area contributed by atoms with E-state index in [0.29, 0.717) is 0 Å². The van der Waals surface area contributed by atoms with Crippen molar-refractivity contribution in [2.45, 2.75) is 4.87 Å². The molecule has 0 saturated heterocycles. The molecule has 7 heavy (non-hydrogen) atoms. The quantitative estimate of drug-likeness (QED) is 0.617. The van der Waals surface area contributed by atoms with Gasteiger partial charge in [0.05, 0.1) is 0 Å². The predicted molar refractivity (Wildman–Crippen MR) is 37.0 cm³/mol. The fraction of sp³-hybridized carbons (Fsp3) is 0.200. The maximum atomic E-state index is 2.34. The van der Waals surface area contributed by atoms with Crippen molar-refractivity contribution in [3.8, 4) is 0 Å². The van der Waals surface area contributed by atoms with Gasteiger partial charge in [0.25, 0.3) is 0 Å². The summed E-state index contributed by atoms with van der Waals surface area (Å²) in [5.41, 5.74) is 0. The Morgan fingerprint density at radius 2 is 2.57 bits per heavy atom. The van der Waals surface area contributed by atoms with Gasteiger partial charge in [0, 0.05) is 0 Å². The molecular weight excluding hydrogens is 214 g/mol. The van der Waals surface area contributed by atoms with Crippen molar-refractivity contribution in [3.05, 3.63) is 17.5 Å². The second kappa shape index (κ2) is 2.74. The number of hydrogen-bond donors (Lipinski definition) is 0. The van der Waals surface area contributed by atoms with Gasteiger partial charge in [-0.3, -0.25) is 0 Å². The van der Waals surface area contributed by atoms with Crippen LogP contribution in [0.2, 0.25) is 4.87 Å². The molecule has 0 unspecified atom stereocenters. The molecule has 0 aliphatic carbocycles. The standard InChI is InChI=1S/C4H3S.CH3.Sb.H/c1-2-4-5-3-1;;;/h1-3H;1H3;;. The fourth-order valence-corrected chi connectivity index (χ4v) is 3.34. The summed E-state index contributed by atoms with van der Waals surface area (Å²) >= 11 is 1.82. The molecule has 2 heteroatoms. The van der Waals surface area contributed by atoms with Crippen LogP contribution in [-0.4, -0.2) is 21.6 Å². The van der Waals surface area contributed by atoms with E-state index in [1.54, 1.807) is 2.82 Å². The van der Waals surface area contributed by atoms with Crippen LogP contribution in [0.3, 0.4) is 0 Å². The molecule has 0 bridgehead atoms. The molecule has 0 atom stereocenters. The van der Waals surface area contributed by atoms with Gasteiger partial charge in [-0.25, -0.2) is 0 Å². The summed E-state index contributed by atoms with van der Waals surface area (Å²) in [4.78, 5) is 2.34. The molecule has 0 nitrogen and oxygen atoms in total. The minimum absolute atomic E-state index is 0.0779. The van der Waals surface area contributed by atoms with E-state index in [2.05, 4.69) is 22.4 Å². The van der Waals surface area contributed by atoms with Crippen LogP contribution in [0.25, 0.3) is 0 Å². The number of thiophene rings is 1. The molecule has 1 heterocycles. The van der Waals surface area contributed by atoms with Gasteiger partial charge in [-0.15, -0.1) is 0 Å². The van der Waals surface area contributed by atoms with Crippen LogP contribution in [0.1, 0.15) is 0 Å². The Kier molecular flexibility index (Phi) is 2.21. The first kappa shape index (κ1) is 5.65. The van der Waals surface area contributed by atoms with Crippen molar-refractivity contribution >= 4 is 35.8 Å². The maximum absolute atomic E-state index is 2.34. The Hall–Kier alpha value is 0.518. The van der Waals surface area contributed by atoms with E-state index in [4.69, 9.17) is 0 Å². The summed E-state index contributed by atoms with van der Waals surface area (Å²) in [6.07, 6.45) is 0. The third kappa shape index (κ3) is 1.47. The topological polar surface area (TPSA) is 0 Å². The molecule has 0 aliphatic rings. The molecule has 0 saturated carbocycles. The van der Waals surface area contributed by atoms with Gasteiger partial charge in [-0.05, 0) is 0 Å². The van der Waals surface area contributed by atoms with Crippen molar-refractivity contribution in [2.24, 2.45) is 0 Å². The van der Waals surface area contributed by atoms with Crippen LogP contribution in [0.5, 0.6) is 0 Å². The molecule has 0 aromatic carbocycles. The Morgan fingerprint density at radius 1 is 1.71 bits per heavy atom. The first-order valence-corrected chi connectivity index (χ1v) is 7.31. The summed E-state index contributed by atoms with van der Waals surface area (Å²) in [6, 6.07) is 4.36. The molecule has 0 fully saturated rings. The predicted octanol–water partition coefficient (Wildman–Crippen LogP) is 0.858. The monoisotopic (exact) mass is 220 g/mol. The normalized spacial score (nSPS) is 9.29. The van der Waals surface area contributed by atoms with Crippen molar-refractivity contribution in [1.82, 2.24) is 0 Å². The van der Waals surface area contributed by atoms with Crippen LogP contribution in [0.4, 0.5) is 0 Å². The summed E-state index contributed by atoms with van der Waals surface area (Å²) in [5, 5.41) is 2.15. The summed E-state index contributed by atoms with van der Waals surface area (Å²) in [5.74, 6) is 0. The Labute approximate surface area is 58.1 Å². The summed E-state index contributed by atoms with van der Waals surface area (Å²) in [6.45, 7) is 0. The van der Waals surface area contributed by atoms with E-state index in [-0.39, 0.29) is 21.6 Å². The van der Waals surface area contributed by atoms with Gasteiger partial charge in [0.15, 0.2) is 0 Å². The van der Waals surface area contributed by atoms with Gasteiger partial charge in [0.1, 0.15) is 0 Å². The zero-order chi connectivity index (χ0) is 5.11. The van der Waals surface area contributed by atoms with Gasteiger partial charge in [0.2, 0.25) is 0 Å². The second-order valence-corrected chi connectivity index (χ2v) is 6.17. The van der Waals surface area contributed by atoms with E-state index in [0.717, 1.165) is 0 Å². The Morgan fingerprint density at radius 3 is 2.86 bits per heavy atom. The van der Waals surface area contributed by atoms with Gasteiger partial charge < -0.3 is 0 Å². The molecule has 0 spiro atoms. The minimum atomic E-state index is -0.0779. The van der Waals surface area contributed by atoms with Gasteiger partial charge in [-0.2, -0.15) is 0 Å². The molecule has 1 aromatic rings. The first-order valence-electron chi connectivity index (χ1n) is 2.15. The van der Waals surface area contributed by atoms with Crippen LogP contribution < -0.4 is 2.82 Å². The summed E-state index contributed by atoms with van der Waals surface area (Å²) < 4.78 is 1.64. The molecule has 0 aliphatic heterocycles. The van der Waals surface area contributed by atoms with E-state index >= 15 is 0 Å². The van der Waals surface area contributed by atoms with Gasteiger partial charge >= 0.3 is 58.2 Å². The molecular formula is C5H7SSb. The first-order chi connectivity index (χ1) is 3.43. The number of hydrogen-bond acceptors (Lipinski definition) is 1. The van der Waals surface area contributed by atoms with Gasteiger partial charge in [-0.1, -0.05) is 0 Å². The third-order valence-corrected chi connectivity index (χ3v) is 5.71. The average Bonchev–Trinajstić information content (AvgIpc) is 2.14. The zero-order valence-electron chi connectivity index (χ0n) is 4.14. The fourth-order valence-electron chi connectivity index (χ4n) is 0.421. The van der Waals surface area contributed by atoms with Crippen molar-refractivity contribution in [3.63, 3.8) is 0 Å². The van der Waals surface area contributed by atoms with Crippen LogP contribution in [0.15, 0.2) is 17.5 Å². The summed E-state index contributed by atoms with van der Waals surface area (Å²) in [7, 11) is 0.